The summed E-state index contributed by atoms with van der Waals surface area (Å²) in [5.74, 6) is 0. The molecule has 1 N–H and O–H groups in total. The van der Waals surface area contributed by atoms with E-state index in [4.69, 9.17) is 12.2 Å². The van der Waals surface area contributed by atoms with Gasteiger partial charge in [-0.3, -0.25) is 5.10 Å². The summed E-state index contributed by atoms with van der Waals surface area (Å²) < 4.78 is 2.49. The fourth-order valence-corrected chi connectivity index (χ4v) is 1.06. The summed E-state index contributed by atoms with van der Waals surface area (Å²) in [6, 6.07) is 3.66. The molecule has 0 atom stereocenters. The Morgan fingerprint density at radius 3 is 3.30 bits per heavy atom. The standard InChI is InChI=1S/C6H5N3S/c10-6-4-5-7-2-1-3-9(5)8-6/h1-4H,(H,8,10). The maximum absolute atomic E-state index is 4.90. The van der Waals surface area contributed by atoms with E-state index < -0.39 is 0 Å². The third kappa shape index (κ3) is 0.733. The fourth-order valence-electron chi connectivity index (χ4n) is 0.852. The number of hydrogen-bond donors (Lipinski definition) is 1. The van der Waals surface area contributed by atoms with Crippen molar-refractivity contribution in [2.75, 3.05) is 0 Å². The number of nitrogens with zero attached hydrogens (tertiary/aromatic N) is 2. The number of H-pyrrole nitrogens is 1. The lowest BCUT2D eigenvalue weighted by atomic mass is 10.6. The monoisotopic (exact) mass is 151 g/mol. The van der Waals surface area contributed by atoms with Crippen LogP contribution >= 0.6 is 12.2 Å². The molecule has 2 aromatic rings. The van der Waals surface area contributed by atoms with Gasteiger partial charge < -0.3 is 0 Å². The average molecular weight is 151 g/mol. The largest absolute Gasteiger partial charge is 0.282 e. The highest BCUT2D eigenvalue weighted by Crippen LogP contribution is 1.96. The van der Waals surface area contributed by atoms with Gasteiger partial charge in [-0.2, -0.15) is 0 Å². The second-order valence-electron chi connectivity index (χ2n) is 1.97. The maximum atomic E-state index is 4.90. The highest BCUT2D eigenvalue weighted by Gasteiger charge is 1.89. The van der Waals surface area contributed by atoms with Crippen molar-refractivity contribution in [1.82, 2.24) is 14.6 Å². The Hall–Kier alpha value is -1.16. The van der Waals surface area contributed by atoms with Gasteiger partial charge in [0.1, 0.15) is 4.64 Å². The van der Waals surface area contributed by atoms with Gasteiger partial charge in [0, 0.05) is 18.5 Å². The first-order chi connectivity index (χ1) is 4.86. The quantitative estimate of drug-likeness (QED) is 0.577. The van der Waals surface area contributed by atoms with Crippen LogP contribution in [0.3, 0.4) is 0 Å². The minimum Gasteiger partial charge on any atom is -0.282 e. The number of rotatable bonds is 0. The van der Waals surface area contributed by atoms with Crippen molar-refractivity contribution in [3.05, 3.63) is 29.2 Å². The summed E-state index contributed by atoms with van der Waals surface area (Å²) in [6.07, 6.45) is 3.61. The Kier molecular flexibility index (Phi) is 1.07. The van der Waals surface area contributed by atoms with Gasteiger partial charge in [-0.05, 0) is 6.07 Å². The summed E-state index contributed by atoms with van der Waals surface area (Å²) in [6.45, 7) is 0. The number of hydrogen-bond acceptors (Lipinski definition) is 2. The number of fused-ring (bicyclic) bond motifs is 1. The second kappa shape index (κ2) is 1.91. The molecule has 10 heavy (non-hydrogen) atoms. The first-order valence-electron chi connectivity index (χ1n) is 2.89. The van der Waals surface area contributed by atoms with Crippen LogP contribution in [0, 0.1) is 4.64 Å². The smallest absolute Gasteiger partial charge is 0.154 e. The van der Waals surface area contributed by atoms with E-state index in [1.807, 2.05) is 18.3 Å². The molecule has 0 aliphatic carbocycles. The number of aromatic amines is 1. The summed E-state index contributed by atoms with van der Waals surface area (Å²) in [5.41, 5.74) is 0.854. The third-order valence-corrected chi connectivity index (χ3v) is 1.47. The van der Waals surface area contributed by atoms with Gasteiger partial charge in [0.15, 0.2) is 5.65 Å². The van der Waals surface area contributed by atoms with Crippen LogP contribution in [0.5, 0.6) is 0 Å². The van der Waals surface area contributed by atoms with E-state index in [0.29, 0.717) is 4.64 Å². The molecular formula is C6H5N3S. The van der Waals surface area contributed by atoms with Crippen LogP contribution in [0.4, 0.5) is 0 Å². The molecule has 0 aliphatic rings. The minimum atomic E-state index is 0.707. The van der Waals surface area contributed by atoms with Crippen molar-refractivity contribution in [2.24, 2.45) is 0 Å². The summed E-state index contributed by atoms with van der Waals surface area (Å²) >= 11 is 4.90. The van der Waals surface area contributed by atoms with E-state index in [1.54, 1.807) is 10.7 Å². The molecule has 4 heteroatoms. The van der Waals surface area contributed by atoms with E-state index in [9.17, 15) is 0 Å². The Morgan fingerprint density at radius 1 is 1.60 bits per heavy atom. The van der Waals surface area contributed by atoms with Crippen molar-refractivity contribution in [3.63, 3.8) is 0 Å². The molecule has 0 radical (unpaired) electrons. The van der Waals surface area contributed by atoms with Crippen molar-refractivity contribution in [3.8, 4) is 0 Å². The molecule has 0 unspecified atom stereocenters. The summed E-state index contributed by atoms with van der Waals surface area (Å²) in [4.78, 5) is 4.07. The predicted octanol–water partition coefficient (Wildman–Crippen LogP) is 1.39. The molecule has 0 amide bonds. The van der Waals surface area contributed by atoms with Crippen LogP contribution < -0.4 is 0 Å². The molecule has 3 nitrogen and oxygen atoms in total. The first-order valence-corrected chi connectivity index (χ1v) is 3.29. The lowest BCUT2D eigenvalue weighted by Crippen LogP contribution is -1.85. The molecule has 0 spiro atoms. The van der Waals surface area contributed by atoms with E-state index in [2.05, 4.69) is 10.1 Å². The highest BCUT2D eigenvalue weighted by molar-refractivity contribution is 7.71. The van der Waals surface area contributed by atoms with Crippen LogP contribution in [0.25, 0.3) is 5.65 Å². The van der Waals surface area contributed by atoms with Crippen LogP contribution in [0.2, 0.25) is 0 Å². The third-order valence-electron chi connectivity index (χ3n) is 1.27. The molecule has 0 aliphatic heterocycles. The summed E-state index contributed by atoms with van der Waals surface area (Å²) in [5, 5.41) is 2.93. The molecular weight excluding hydrogens is 146 g/mol. The highest BCUT2D eigenvalue weighted by atomic mass is 32.1. The van der Waals surface area contributed by atoms with Gasteiger partial charge >= 0.3 is 0 Å². The Bertz CT molecular complexity index is 364. The van der Waals surface area contributed by atoms with Crippen molar-refractivity contribution >= 4 is 17.9 Å². The van der Waals surface area contributed by atoms with Gasteiger partial charge in [0.2, 0.25) is 0 Å². The number of aromatic nitrogens is 3. The van der Waals surface area contributed by atoms with Gasteiger partial charge in [0.05, 0.1) is 0 Å². The fraction of sp³-hybridized carbons (Fsp3) is 0. The normalized spacial score (nSPS) is 10.4. The topological polar surface area (TPSA) is 33.1 Å². The van der Waals surface area contributed by atoms with Crippen LogP contribution in [0.15, 0.2) is 24.5 Å². The average Bonchev–Trinajstić information content (AvgIpc) is 2.27. The molecule has 0 aromatic carbocycles. The van der Waals surface area contributed by atoms with Crippen LogP contribution in [-0.4, -0.2) is 14.6 Å². The van der Waals surface area contributed by atoms with Gasteiger partial charge in [-0.1, -0.05) is 12.2 Å². The molecule has 0 saturated heterocycles. The molecule has 0 bridgehead atoms. The lowest BCUT2D eigenvalue weighted by molar-refractivity contribution is 0.932. The van der Waals surface area contributed by atoms with Gasteiger partial charge in [-0.15, -0.1) is 0 Å². The SMILES string of the molecule is S=c1cc2ncccn2[nH]1. The molecule has 2 aromatic heterocycles. The summed E-state index contributed by atoms with van der Waals surface area (Å²) in [7, 11) is 0. The van der Waals surface area contributed by atoms with E-state index in [0.717, 1.165) is 5.65 Å². The van der Waals surface area contributed by atoms with Crippen LogP contribution in [-0.2, 0) is 0 Å². The molecule has 0 fully saturated rings. The number of nitrogens with one attached hydrogen (secondary N) is 1. The van der Waals surface area contributed by atoms with E-state index in [1.165, 1.54) is 0 Å². The van der Waals surface area contributed by atoms with E-state index in [-0.39, 0.29) is 0 Å². The first kappa shape index (κ1) is 5.61. The minimum absolute atomic E-state index is 0.707. The zero-order chi connectivity index (χ0) is 6.97. The maximum Gasteiger partial charge on any atom is 0.154 e. The molecule has 2 rings (SSSR count). The molecule has 0 saturated carbocycles. The molecule has 2 heterocycles. The lowest BCUT2D eigenvalue weighted by Gasteiger charge is -1.87. The Morgan fingerprint density at radius 2 is 2.50 bits per heavy atom. The van der Waals surface area contributed by atoms with Crippen molar-refractivity contribution in [1.29, 1.82) is 0 Å². The molecule has 50 valence electrons. The zero-order valence-corrected chi connectivity index (χ0v) is 5.93. The van der Waals surface area contributed by atoms with Crippen molar-refractivity contribution in [2.45, 2.75) is 0 Å². The second-order valence-corrected chi connectivity index (χ2v) is 2.41. The van der Waals surface area contributed by atoms with Crippen molar-refractivity contribution < 1.29 is 0 Å². The Balaban J connectivity index is 3.01. The van der Waals surface area contributed by atoms with Crippen LogP contribution in [0.1, 0.15) is 0 Å². The van der Waals surface area contributed by atoms with E-state index >= 15 is 0 Å². The van der Waals surface area contributed by atoms with Gasteiger partial charge in [-0.25, -0.2) is 9.50 Å². The predicted molar refractivity (Wildman–Crippen MR) is 40.4 cm³/mol. The zero-order valence-electron chi connectivity index (χ0n) is 5.11. The Labute approximate surface area is 62.3 Å². The van der Waals surface area contributed by atoms with Gasteiger partial charge in [0.25, 0.3) is 0 Å².